The first-order valence-electron chi connectivity index (χ1n) is 14.7. The van der Waals surface area contributed by atoms with Gasteiger partial charge in [-0.25, -0.2) is 8.42 Å². The SMILES string of the molecule is CCCCNC(=O)[C@@H](Cc1ccccc1)N(Cc1cccc(OC)c1)C(=O)CN(c1ccc(C(C)(C)C)cc1)S(C)(=O)=O. The smallest absolute Gasteiger partial charge is 0.244 e. The highest BCUT2D eigenvalue weighted by molar-refractivity contribution is 7.92. The molecule has 1 atom stereocenters. The Hall–Kier alpha value is -3.85. The van der Waals surface area contributed by atoms with E-state index in [0.717, 1.165) is 40.1 Å². The lowest BCUT2D eigenvalue weighted by Crippen LogP contribution is -2.53. The quantitative estimate of drug-likeness (QED) is 0.251. The summed E-state index contributed by atoms with van der Waals surface area (Å²) < 4.78 is 32.6. The summed E-state index contributed by atoms with van der Waals surface area (Å²) in [6.07, 6.45) is 3.07. The van der Waals surface area contributed by atoms with E-state index in [-0.39, 0.29) is 24.3 Å². The average Bonchev–Trinajstić information content (AvgIpc) is 2.97. The molecule has 3 aromatic carbocycles. The Balaban J connectivity index is 2.05. The summed E-state index contributed by atoms with van der Waals surface area (Å²) in [6.45, 7) is 8.40. The van der Waals surface area contributed by atoms with Gasteiger partial charge in [-0.15, -0.1) is 0 Å². The first kappa shape index (κ1) is 33.6. The van der Waals surface area contributed by atoms with Crippen LogP contribution in [0.4, 0.5) is 5.69 Å². The average molecular weight is 608 g/mol. The van der Waals surface area contributed by atoms with Crippen molar-refractivity contribution in [1.29, 1.82) is 0 Å². The van der Waals surface area contributed by atoms with Crippen LogP contribution < -0.4 is 14.4 Å². The maximum Gasteiger partial charge on any atom is 0.244 e. The van der Waals surface area contributed by atoms with Gasteiger partial charge in [-0.2, -0.15) is 0 Å². The zero-order valence-electron chi connectivity index (χ0n) is 26.2. The summed E-state index contributed by atoms with van der Waals surface area (Å²) in [5.41, 5.74) is 2.96. The van der Waals surface area contributed by atoms with Crippen molar-refractivity contribution in [1.82, 2.24) is 10.2 Å². The number of carbonyl (C=O) groups excluding carboxylic acids is 2. The summed E-state index contributed by atoms with van der Waals surface area (Å²) in [6, 6.07) is 23.1. The number of amides is 2. The van der Waals surface area contributed by atoms with E-state index in [2.05, 4.69) is 26.1 Å². The van der Waals surface area contributed by atoms with Crippen LogP contribution in [0.25, 0.3) is 0 Å². The lowest BCUT2D eigenvalue weighted by Gasteiger charge is -2.33. The molecular formula is C34H45N3O5S. The fourth-order valence-electron chi connectivity index (χ4n) is 4.77. The van der Waals surface area contributed by atoms with Crippen molar-refractivity contribution in [3.05, 3.63) is 95.6 Å². The monoisotopic (exact) mass is 607 g/mol. The number of nitrogens with one attached hydrogen (secondary N) is 1. The fraction of sp³-hybridized carbons (Fsp3) is 0.412. The zero-order chi connectivity index (χ0) is 31.6. The van der Waals surface area contributed by atoms with Crippen LogP contribution in [-0.2, 0) is 38.0 Å². The van der Waals surface area contributed by atoms with Crippen molar-refractivity contribution < 1.29 is 22.7 Å². The predicted octanol–water partition coefficient (Wildman–Crippen LogP) is 5.32. The van der Waals surface area contributed by atoms with Crippen LogP contribution in [0.1, 0.15) is 57.2 Å². The molecule has 0 aliphatic carbocycles. The zero-order valence-corrected chi connectivity index (χ0v) is 27.0. The van der Waals surface area contributed by atoms with Gasteiger partial charge in [0.25, 0.3) is 0 Å². The van der Waals surface area contributed by atoms with Crippen molar-refractivity contribution in [2.45, 2.75) is 65.0 Å². The van der Waals surface area contributed by atoms with Crippen LogP contribution >= 0.6 is 0 Å². The van der Waals surface area contributed by atoms with E-state index in [1.54, 1.807) is 25.3 Å². The van der Waals surface area contributed by atoms with Crippen molar-refractivity contribution in [2.75, 3.05) is 30.8 Å². The number of rotatable bonds is 14. The minimum absolute atomic E-state index is 0.0926. The third-order valence-corrected chi connectivity index (χ3v) is 8.43. The van der Waals surface area contributed by atoms with Crippen molar-refractivity contribution in [3.8, 4) is 5.75 Å². The lowest BCUT2D eigenvalue weighted by molar-refractivity contribution is -0.140. The van der Waals surface area contributed by atoms with Crippen LogP contribution in [0.3, 0.4) is 0 Å². The summed E-state index contributed by atoms with van der Waals surface area (Å²) in [5.74, 6) is -0.151. The Labute approximate surface area is 257 Å². The largest absolute Gasteiger partial charge is 0.497 e. The molecule has 1 N–H and O–H groups in total. The van der Waals surface area contributed by atoms with Gasteiger partial charge in [0, 0.05) is 19.5 Å². The highest BCUT2D eigenvalue weighted by Gasteiger charge is 2.33. The van der Waals surface area contributed by atoms with E-state index in [1.807, 2.05) is 67.6 Å². The first-order valence-corrected chi connectivity index (χ1v) is 16.5. The second-order valence-electron chi connectivity index (χ2n) is 11.8. The maximum absolute atomic E-state index is 14.2. The Bertz CT molecular complexity index is 1450. The Morgan fingerprint density at radius 2 is 1.58 bits per heavy atom. The molecule has 0 radical (unpaired) electrons. The minimum atomic E-state index is -3.84. The molecule has 0 spiro atoms. The van der Waals surface area contributed by atoms with Crippen LogP contribution in [0.15, 0.2) is 78.9 Å². The molecule has 3 aromatic rings. The number of nitrogens with zero attached hydrogens (tertiary/aromatic N) is 2. The molecular weight excluding hydrogens is 562 g/mol. The van der Waals surface area contributed by atoms with Crippen LogP contribution in [-0.4, -0.2) is 57.6 Å². The molecule has 0 aliphatic heterocycles. The normalized spacial score (nSPS) is 12.3. The van der Waals surface area contributed by atoms with Crippen molar-refractivity contribution >= 4 is 27.5 Å². The van der Waals surface area contributed by atoms with Gasteiger partial charge < -0.3 is 15.0 Å². The lowest BCUT2D eigenvalue weighted by atomic mass is 9.87. The summed E-state index contributed by atoms with van der Waals surface area (Å²) in [5, 5.41) is 2.99. The highest BCUT2D eigenvalue weighted by Crippen LogP contribution is 2.27. The second kappa shape index (κ2) is 15.0. The predicted molar refractivity (Wildman–Crippen MR) is 173 cm³/mol. The number of hydrogen-bond acceptors (Lipinski definition) is 5. The number of carbonyl (C=O) groups is 2. The van der Waals surface area contributed by atoms with E-state index >= 15 is 0 Å². The van der Waals surface area contributed by atoms with Crippen LogP contribution in [0.2, 0.25) is 0 Å². The van der Waals surface area contributed by atoms with Gasteiger partial charge in [0.2, 0.25) is 21.8 Å². The molecule has 9 heteroatoms. The standard InChI is InChI=1S/C34H45N3O5S/c1-7-8-21-35-33(39)31(23-26-13-10-9-11-14-26)36(24-27-15-12-16-30(22-27)42-5)32(38)25-37(43(6,40)41)29-19-17-28(18-20-29)34(2,3)4/h9-20,22,31H,7-8,21,23-25H2,1-6H3,(H,35,39)/t31-/m1/s1. The van der Waals surface area contributed by atoms with Gasteiger partial charge in [-0.05, 0) is 52.8 Å². The van der Waals surface area contributed by atoms with Gasteiger partial charge in [-0.3, -0.25) is 13.9 Å². The topological polar surface area (TPSA) is 96.0 Å². The fourth-order valence-corrected chi connectivity index (χ4v) is 5.62. The molecule has 232 valence electrons. The molecule has 0 aromatic heterocycles. The molecule has 0 bridgehead atoms. The molecule has 0 aliphatic rings. The second-order valence-corrected chi connectivity index (χ2v) is 13.7. The third kappa shape index (κ3) is 9.85. The molecule has 3 rings (SSSR count). The Morgan fingerprint density at radius 1 is 0.930 bits per heavy atom. The summed E-state index contributed by atoms with van der Waals surface area (Å²) in [7, 11) is -2.27. The van der Waals surface area contributed by atoms with E-state index in [1.165, 1.54) is 4.90 Å². The molecule has 0 saturated carbocycles. The molecule has 8 nitrogen and oxygen atoms in total. The summed E-state index contributed by atoms with van der Waals surface area (Å²) in [4.78, 5) is 29.4. The van der Waals surface area contributed by atoms with E-state index in [4.69, 9.17) is 4.74 Å². The van der Waals surface area contributed by atoms with E-state index in [9.17, 15) is 18.0 Å². The van der Waals surface area contributed by atoms with Crippen molar-refractivity contribution in [3.63, 3.8) is 0 Å². The Morgan fingerprint density at radius 3 is 2.16 bits per heavy atom. The third-order valence-electron chi connectivity index (χ3n) is 7.29. The summed E-state index contributed by atoms with van der Waals surface area (Å²) >= 11 is 0. The molecule has 0 unspecified atom stereocenters. The molecule has 0 fully saturated rings. The minimum Gasteiger partial charge on any atom is -0.497 e. The van der Waals surface area contributed by atoms with Gasteiger partial charge in [0.05, 0.1) is 19.1 Å². The van der Waals surface area contributed by atoms with Crippen molar-refractivity contribution in [2.24, 2.45) is 0 Å². The number of anilines is 1. The van der Waals surface area contributed by atoms with Gasteiger partial charge in [0.1, 0.15) is 18.3 Å². The highest BCUT2D eigenvalue weighted by atomic mass is 32.2. The molecule has 0 saturated heterocycles. The number of methoxy groups -OCH3 is 1. The number of unbranched alkanes of at least 4 members (excludes halogenated alkanes) is 1. The molecule has 43 heavy (non-hydrogen) atoms. The number of benzene rings is 3. The molecule has 2 amide bonds. The van der Waals surface area contributed by atoms with Gasteiger partial charge >= 0.3 is 0 Å². The molecule has 0 heterocycles. The Kier molecular flexibility index (Phi) is 11.8. The van der Waals surface area contributed by atoms with E-state index in [0.29, 0.717) is 18.0 Å². The van der Waals surface area contributed by atoms with Crippen LogP contribution in [0, 0.1) is 0 Å². The van der Waals surface area contributed by atoms with E-state index < -0.39 is 28.5 Å². The number of sulfonamides is 1. The first-order chi connectivity index (χ1) is 20.3. The number of hydrogen-bond donors (Lipinski definition) is 1. The number of ether oxygens (including phenoxy) is 1. The van der Waals surface area contributed by atoms with Gasteiger partial charge in [-0.1, -0.05) is 88.7 Å². The van der Waals surface area contributed by atoms with Gasteiger partial charge in [0.15, 0.2) is 0 Å². The van der Waals surface area contributed by atoms with Crippen LogP contribution in [0.5, 0.6) is 5.75 Å². The maximum atomic E-state index is 14.2.